The minimum absolute atomic E-state index is 0.207. The van der Waals surface area contributed by atoms with E-state index in [1.165, 1.54) is 0 Å². The number of carbonyl (C=O) groups is 2. The minimum Gasteiger partial charge on any atom is -0.497 e. The lowest BCUT2D eigenvalue weighted by molar-refractivity contribution is -0.136. The molecule has 0 aromatic heterocycles. The molecule has 0 aliphatic heterocycles. The summed E-state index contributed by atoms with van der Waals surface area (Å²) in [6, 6.07) is 14.1. The first kappa shape index (κ1) is 17.8. The molecule has 0 saturated heterocycles. The van der Waals surface area contributed by atoms with Crippen molar-refractivity contribution >= 4 is 29.1 Å². The number of ether oxygens (including phenoxy) is 1. The van der Waals surface area contributed by atoms with E-state index in [9.17, 15) is 9.59 Å². The highest BCUT2D eigenvalue weighted by molar-refractivity contribution is 6.41. The van der Waals surface area contributed by atoms with Crippen LogP contribution in [0.15, 0.2) is 48.5 Å². The number of carbonyl (C=O) groups excluding carboxylic acids is 2. The Kier molecular flexibility index (Phi) is 6.21. The monoisotopic (exact) mass is 346 g/mol. The van der Waals surface area contributed by atoms with Crippen molar-refractivity contribution in [2.75, 3.05) is 12.4 Å². The predicted molar refractivity (Wildman–Crippen MR) is 94.4 cm³/mol. The number of hydrogen-bond donors (Lipinski definition) is 2. The van der Waals surface area contributed by atoms with Gasteiger partial charge >= 0.3 is 11.8 Å². The molecule has 1 unspecified atom stereocenters. The smallest absolute Gasteiger partial charge is 0.313 e. The summed E-state index contributed by atoms with van der Waals surface area (Å²) in [5, 5.41) is 5.54. The van der Waals surface area contributed by atoms with Crippen LogP contribution in [0.5, 0.6) is 5.75 Å². The zero-order chi connectivity index (χ0) is 17.5. The molecule has 2 rings (SSSR count). The van der Waals surface area contributed by atoms with Gasteiger partial charge in [-0.15, -0.1) is 0 Å². The van der Waals surface area contributed by atoms with Crippen molar-refractivity contribution in [2.45, 2.75) is 19.4 Å². The first-order valence-electron chi connectivity index (χ1n) is 7.49. The van der Waals surface area contributed by atoms with Crippen LogP contribution in [0.1, 0.15) is 12.5 Å². The first-order valence-corrected chi connectivity index (χ1v) is 7.86. The summed E-state index contributed by atoms with van der Waals surface area (Å²) in [7, 11) is 1.60. The molecule has 2 N–H and O–H groups in total. The van der Waals surface area contributed by atoms with Crippen LogP contribution in [0, 0.1) is 0 Å². The third-order valence-electron chi connectivity index (χ3n) is 3.38. The quantitative estimate of drug-likeness (QED) is 0.818. The third-order valence-corrected chi connectivity index (χ3v) is 3.71. The molecule has 6 heteroatoms. The van der Waals surface area contributed by atoms with Crippen molar-refractivity contribution in [3.63, 3.8) is 0 Å². The van der Waals surface area contributed by atoms with Crippen molar-refractivity contribution in [1.29, 1.82) is 0 Å². The largest absolute Gasteiger partial charge is 0.497 e. The van der Waals surface area contributed by atoms with Gasteiger partial charge in [0.15, 0.2) is 0 Å². The number of benzene rings is 2. The summed E-state index contributed by atoms with van der Waals surface area (Å²) < 4.78 is 5.17. The summed E-state index contributed by atoms with van der Waals surface area (Å²) in [6.07, 6.45) is 0.586. The van der Waals surface area contributed by atoms with Crippen molar-refractivity contribution < 1.29 is 14.3 Å². The van der Waals surface area contributed by atoms with Crippen LogP contribution in [0.2, 0.25) is 5.02 Å². The molecule has 5 nitrogen and oxygen atoms in total. The summed E-state index contributed by atoms with van der Waals surface area (Å²) in [5.41, 5.74) is 1.41. The van der Waals surface area contributed by atoms with Crippen LogP contribution >= 0.6 is 11.6 Å². The number of hydrogen-bond acceptors (Lipinski definition) is 3. The number of methoxy groups -OCH3 is 1. The van der Waals surface area contributed by atoms with E-state index in [1.807, 2.05) is 31.2 Å². The third kappa shape index (κ3) is 4.99. The first-order chi connectivity index (χ1) is 11.5. The fraction of sp³-hybridized carbons (Fsp3) is 0.222. The van der Waals surface area contributed by atoms with Crippen LogP contribution in [-0.4, -0.2) is 25.0 Å². The topological polar surface area (TPSA) is 67.4 Å². The van der Waals surface area contributed by atoms with Gasteiger partial charge in [0.2, 0.25) is 0 Å². The molecule has 24 heavy (non-hydrogen) atoms. The van der Waals surface area contributed by atoms with E-state index in [-0.39, 0.29) is 6.04 Å². The molecular formula is C18H19ClN2O3. The van der Waals surface area contributed by atoms with E-state index in [0.717, 1.165) is 11.3 Å². The summed E-state index contributed by atoms with van der Waals surface area (Å²) in [6.45, 7) is 1.83. The Morgan fingerprint density at radius 1 is 1.12 bits per heavy atom. The second-order valence-corrected chi connectivity index (χ2v) is 5.77. The average molecular weight is 347 g/mol. The number of halogens is 1. The maximum absolute atomic E-state index is 12.0. The Balaban J connectivity index is 1.91. The second-order valence-electron chi connectivity index (χ2n) is 5.36. The van der Waals surface area contributed by atoms with E-state index in [1.54, 1.807) is 31.4 Å². The number of rotatable bonds is 5. The van der Waals surface area contributed by atoms with Crippen LogP contribution < -0.4 is 15.4 Å². The highest BCUT2D eigenvalue weighted by atomic mass is 35.5. The fourth-order valence-corrected chi connectivity index (χ4v) is 2.42. The minimum atomic E-state index is -0.749. The molecule has 2 aromatic carbocycles. The van der Waals surface area contributed by atoms with Gasteiger partial charge in [-0.3, -0.25) is 9.59 Å². The predicted octanol–water partition coefficient (Wildman–Crippen LogP) is 3.03. The van der Waals surface area contributed by atoms with Crippen molar-refractivity contribution in [2.24, 2.45) is 0 Å². The normalized spacial score (nSPS) is 11.5. The Labute approximate surface area is 146 Å². The van der Waals surface area contributed by atoms with Crippen LogP contribution in [0.25, 0.3) is 0 Å². The SMILES string of the molecule is COc1cccc(CC(C)NC(=O)C(=O)Nc2ccccc2Cl)c1. The zero-order valence-electron chi connectivity index (χ0n) is 13.5. The maximum Gasteiger partial charge on any atom is 0.313 e. The number of para-hydroxylation sites is 1. The lowest BCUT2D eigenvalue weighted by Crippen LogP contribution is -2.41. The van der Waals surface area contributed by atoms with Crippen LogP contribution in [0.4, 0.5) is 5.69 Å². The molecular weight excluding hydrogens is 328 g/mol. The van der Waals surface area contributed by atoms with Gasteiger partial charge in [-0.1, -0.05) is 35.9 Å². The van der Waals surface area contributed by atoms with E-state index < -0.39 is 11.8 Å². The highest BCUT2D eigenvalue weighted by Crippen LogP contribution is 2.20. The van der Waals surface area contributed by atoms with Gasteiger partial charge in [0, 0.05) is 6.04 Å². The molecule has 0 fully saturated rings. The van der Waals surface area contributed by atoms with Gasteiger partial charge < -0.3 is 15.4 Å². The summed E-state index contributed by atoms with van der Waals surface area (Å²) in [5.74, 6) is -0.701. The van der Waals surface area contributed by atoms with Gasteiger partial charge in [0.05, 0.1) is 17.8 Å². The summed E-state index contributed by atoms with van der Waals surface area (Å²) >= 11 is 5.96. The number of amides is 2. The van der Waals surface area contributed by atoms with Gasteiger partial charge in [-0.05, 0) is 43.2 Å². The fourth-order valence-electron chi connectivity index (χ4n) is 2.24. The molecule has 0 radical (unpaired) electrons. The van der Waals surface area contributed by atoms with Crippen molar-refractivity contribution in [3.8, 4) is 5.75 Å². The van der Waals surface area contributed by atoms with E-state index >= 15 is 0 Å². The van der Waals surface area contributed by atoms with Gasteiger partial charge in [-0.25, -0.2) is 0 Å². The Morgan fingerprint density at radius 2 is 1.88 bits per heavy atom. The van der Waals surface area contributed by atoms with E-state index in [4.69, 9.17) is 16.3 Å². The lowest BCUT2D eigenvalue weighted by Gasteiger charge is -2.14. The molecule has 126 valence electrons. The Morgan fingerprint density at radius 3 is 2.58 bits per heavy atom. The molecule has 2 amide bonds. The molecule has 1 atom stereocenters. The molecule has 0 aliphatic carbocycles. The van der Waals surface area contributed by atoms with Crippen molar-refractivity contribution in [1.82, 2.24) is 5.32 Å². The number of anilines is 1. The molecule has 0 saturated carbocycles. The zero-order valence-corrected chi connectivity index (χ0v) is 14.3. The Hall–Kier alpha value is -2.53. The molecule has 0 aliphatic rings. The van der Waals surface area contributed by atoms with Gasteiger partial charge in [-0.2, -0.15) is 0 Å². The molecule has 0 heterocycles. The highest BCUT2D eigenvalue weighted by Gasteiger charge is 2.17. The van der Waals surface area contributed by atoms with E-state index in [2.05, 4.69) is 10.6 Å². The van der Waals surface area contributed by atoms with Crippen molar-refractivity contribution in [3.05, 3.63) is 59.1 Å². The van der Waals surface area contributed by atoms with Gasteiger partial charge in [0.1, 0.15) is 5.75 Å². The molecule has 2 aromatic rings. The molecule has 0 spiro atoms. The maximum atomic E-state index is 12.0. The second kappa shape index (κ2) is 8.36. The standard InChI is InChI=1S/C18H19ClN2O3/c1-12(10-13-6-5-7-14(11-13)24-2)20-17(22)18(23)21-16-9-4-3-8-15(16)19/h3-9,11-12H,10H2,1-2H3,(H,20,22)(H,21,23). The number of nitrogens with one attached hydrogen (secondary N) is 2. The van der Waals surface area contributed by atoms with Gasteiger partial charge in [0.25, 0.3) is 0 Å². The summed E-state index contributed by atoms with van der Waals surface area (Å²) in [4.78, 5) is 23.9. The van der Waals surface area contributed by atoms with Crippen LogP contribution in [-0.2, 0) is 16.0 Å². The van der Waals surface area contributed by atoms with Crippen LogP contribution in [0.3, 0.4) is 0 Å². The average Bonchev–Trinajstić information content (AvgIpc) is 2.56. The van der Waals surface area contributed by atoms with E-state index in [0.29, 0.717) is 17.1 Å². The molecule has 0 bridgehead atoms. The lowest BCUT2D eigenvalue weighted by atomic mass is 10.1. The Bertz CT molecular complexity index is 734.